The number of benzene rings is 3. The number of methoxy groups -OCH3 is 1. The molecule has 0 unspecified atom stereocenters. The van der Waals surface area contributed by atoms with Crippen LogP contribution in [0.2, 0.25) is 0 Å². The van der Waals surface area contributed by atoms with Crippen molar-refractivity contribution in [1.29, 1.82) is 0 Å². The lowest BCUT2D eigenvalue weighted by Crippen LogP contribution is -2.40. The standard InChI is InChI=1S/C27H28N4O3/c1-20-23(11-7-13-25(20)22-9-4-3-5-10-22)17-34-24-12-6-8-21(14-24)15-29-26(27(32)33-2)16-31-19-28-18-30-31/h3-14,18-19,26,29H,15-17H2,1-2H3/t26-/m0/s1. The average Bonchev–Trinajstić information content (AvgIpc) is 3.39. The minimum absolute atomic E-state index is 0.333. The second-order valence-electron chi connectivity index (χ2n) is 7.97. The summed E-state index contributed by atoms with van der Waals surface area (Å²) in [5.74, 6) is 0.423. The van der Waals surface area contributed by atoms with Gasteiger partial charge in [0, 0.05) is 6.54 Å². The summed E-state index contributed by atoms with van der Waals surface area (Å²) in [5, 5.41) is 7.31. The molecule has 4 aromatic rings. The van der Waals surface area contributed by atoms with E-state index in [1.165, 1.54) is 30.1 Å². The van der Waals surface area contributed by atoms with Crippen LogP contribution in [0.15, 0.2) is 85.5 Å². The van der Waals surface area contributed by atoms with Crippen LogP contribution < -0.4 is 10.1 Å². The van der Waals surface area contributed by atoms with Crippen LogP contribution in [-0.2, 0) is 29.2 Å². The first-order valence-corrected chi connectivity index (χ1v) is 11.1. The Kier molecular flexibility index (Phi) is 7.67. The van der Waals surface area contributed by atoms with Gasteiger partial charge in [-0.1, -0.05) is 60.7 Å². The van der Waals surface area contributed by atoms with E-state index in [2.05, 4.69) is 52.7 Å². The van der Waals surface area contributed by atoms with Gasteiger partial charge < -0.3 is 9.47 Å². The summed E-state index contributed by atoms with van der Waals surface area (Å²) in [6.45, 7) is 3.41. The predicted octanol–water partition coefficient (Wildman–Crippen LogP) is 4.16. The van der Waals surface area contributed by atoms with Crippen LogP contribution in [0.4, 0.5) is 0 Å². The zero-order chi connectivity index (χ0) is 23.8. The highest BCUT2D eigenvalue weighted by Crippen LogP contribution is 2.26. The van der Waals surface area contributed by atoms with Gasteiger partial charge in [0.1, 0.15) is 31.1 Å². The van der Waals surface area contributed by atoms with Crippen molar-refractivity contribution in [3.63, 3.8) is 0 Å². The van der Waals surface area contributed by atoms with E-state index in [0.717, 1.165) is 16.9 Å². The topological polar surface area (TPSA) is 78.3 Å². The summed E-state index contributed by atoms with van der Waals surface area (Å²) in [6, 6.07) is 24.0. The Morgan fingerprint density at radius 1 is 1.06 bits per heavy atom. The second-order valence-corrected chi connectivity index (χ2v) is 7.97. The average molecular weight is 457 g/mol. The Bertz CT molecular complexity index is 1210. The molecule has 34 heavy (non-hydrogen) atoms. The molecule has 0 saturated carbocycles. The molecule has 7 heteroatoms. The molecule has 0 aliphatic carbocycles. The van der Waals surface area contributed by atoms with Gasteiger partial charge in [0.2, 0.25) is 0 Å². The largest absolute Gasteiger partial charge is 0.489 e. The number of nitrogens with one attached hydrogen (secondary N) is 1. The molecule has 1 N–H and O–H groups in total. The maximum atomic E-state index is 12.2. The second kappa shape index (κ2) is 11.2. The van der Waals surface area contributed by atoms with Crippen LogP contribution in [0.3, 0.4) is 0 Å². The number of rotatable bonds is 10. The molecule has 0 radical (unpaired) electrons. The molecular formula is C27H28N4O3. The highest BCUT2D eigenvalue weighted by molar-refractivity contribution is 5.75. The number of aromatic nitrogens is 3. The molecule has 0 fully saturated rings. The van der Waals surface area contributed by atoms with Crippen molar-refractivity contribution in [2.24, 2.45) is 0 Å². The normalized spacial score (nSPS) is 11.7. The monoisotopic (exact) mass is 456 g/mol. The minimum atomic E-state index is -0.542. The number of nitrogens with zero attached hydrogens (tertiary/aromatic N) is 3. The van der Waals surface area contributed by atoms with Crippen LogP contribution in [0.25, 0.3) is 11.1 Å². The number of esters is 1. The van der Waals surface area contributed by atoms with Crippen LogP contribution in [-0.4, -0.2) is 33.9 Å². The van der Waals surface area contributed by atoms with Crippen molar-refractivity contribution < 1.29 is 14.3 Å². The van der Waals surface area contributed by atoms with Gasteiger partial charge >= 0.3 is 5.97 Å². The summed E-state index contributed by atoms with van der Waals surface area (Å²) in [7, 11) is 1.38. The quantitative estimate of drug-likeness (QED) is 0.361. The number of carbonyl (C=O) groups is 1. The van der Waals surface area contributed by atoms with Gasteiger partial charge in [-0.25, -0.2) is 4.98 Å². The third kappa shape index (κ3) is 5.88. The molecule has 1 atom stereocenters. The van der Waals surface area contributed by atoms with Crippen molar-refractivity contribution in [2.45, 2.75) is 32.7 Å². The van der Waals surface area contributed by atoms with Gasteiger partial charge in [-0.3, -0.25) is 14.8 Å². The van der Waals surface area contributed by atoms with Gasteiger partial charge in [-0.2, -0.15) is 5.10 Å². The van der Waals surface area contributed by atoms with Crippen LogP contribution in [0, 0.1) is 6.92 Å². The van der Waals surface area contributed by atoms with Gasteiger partial charge in [-0.05, 0) is 46.9 Å². The van der Waals surface area contributed by atoms with Gasteiger partial charge in [0.05, 0.1) is 13.7 Å². The van der Waals surface area contributed by atoms with E-state index in [4.69, 9.17) is 9.47 Å². The molecular weight excluding hydrogens is 428 g/mol. The molecule has 0 saturated heterocycles. The van der Waals surface area contributed by atoms with E-state index in [0.29, 0.717) is 19.7 Å². The molecule has 3 aromatic carbocycles. The Balaban J connectivity index is 1.40. The summed E-state index contributed by atoms with van der Waals surface area (Å²) >= 11 is 0. The molecule has 1 aromatic heterocycles. The van der Waals surface area contributed by atoms with Crippen molar-refractivity contribution >= 4 is 5.97 Å². The Morgan fingerprint density at radius 2 is 1.88 bits per heavy atom. The number of hydrogen-bond donors (Lipinski definition) is 1. The van der Waals surface area contributed by atoms with Crippen LogP contribution in [0.5, 0.6) is 5.75 Å². The van der Waals surface area contributed by atoms with E-state index in [1.807, 2.05) is 42.5 Å². The minimum Gasteiger partial charge on any atom is -0.489 e. The molecule has 0 aliphatic rings. The van der Waals surface area contributed by atoms with Crippen molar-refractivity contribution in [3.8, 4) is 16.9 Å². The Morgan fingerprint density at radius 3 is 2.65 bits per heavy atom. The highest BCUT2D eigenvalue weighted by Gasteiger charge is 2.19. The van der Waals surface area contributed by atoms with Crippen molar-refractivity contribution in [3.05, 3.63) is 102 Å². The third-order valence-corrected chi connectivity index (χ3v) is 5.70. The molecule has 0 aliphatic heterocycles. The fourth-order valence-corrected chi connectivity index (χ4v) is 3.80. The van der Waals surface area contributed by atoms with E-state index in [-0.39, 0.29) is 5.97 Å². The molecule has 0 spiro atoms. The van der Waals surface area contributed by atoms with E-state index < -0.39 is 6.04 Å². The van der Waals surface area contributed by atoms with Gasteiger partial charge in [-0.15, -0.1) is 0 Å². The maximum absolute atomic E-state index is 12.2. The fourth-order valence-electron chi connectivity index (χ4n) is 3.80. The molecule has 0 bridgehead atoms. The lowest BCUT2D eigenvalue weighted by molar-refractivity contribution is -0.143. The summed E-state index contributed by atoms with van der Waals surface area (Å²) in [6.07, 6.45) is 3.01. The summed E-state index contributed by atoms with van der Waals surface area (Å²) in [4.78, 5) is 16.1. The Labute approximate surface area is 199 Å². The van der Waals surface area contributed by atoms with Crippen molar-refractivity contribution in [1.82, 2.24) is 20.1 Å². The van der Waals surface area contributed by atoms with Crippen molar-refractivity contribution in [2.75, 3.05) is 7.11 Å². The van der Waals surface area contributed by atoms with Crippen LogP contribution >= 0.6 is 0 Å². The summed E-state index contributed by atoms with van der Waals surface area (Å²) in [5.41, 5.74) is 5.76. The summed E-state index contributed by atoms with van der Waals surface area (Å²) < 4.78 is 12.6. The fraction of sp³-hybridized carbons (Fsp3) is 0.222. The molecule has 4 rings (SSSR count). The first-order chi connectivity index (χ1) is 16.6. The number of ether oxygens (including phenoxy) is 2. The highest BCUT2D eigenvalue weighted by atomic mass is 16.5. The first kappa shape index (κ1) is 23.2. The van der Waals surface area contributed by atoms with E-state index in [9.17, 15) is 4.79 Å². The van der Waals surface area contributed by atoms with E-state index in [1.54, 1.807) is 11.0 Å². The maximum Gasteiger partial charge on any atom is 0.324 e. The smallest absolute Gasteiger partial charge is 0.324 e. The van der Waals surface area contributed by atoms with Gasteiger partial charge in [0.15, 0.2) is 0 Å². The lowest BCUT2D eigenvalue weighted by Gasteiger charge is -2.17. The van der Waals surface area contributed by atoms with Gasteiger partial charge in [0.25, 0.3) is 0 Å². The zero-order valence-electron chi connectivity index (χ0n) is 19.3. The molecule has 0 amide bonds. The third-order valence-electron chi connectivity index (χ3n) is 5.70. The first-order valence-electron chi connectivity index (χ1n) is 11.1. The number of hydrogen-bond acceptors (Lipinski definition) is 6. The lowest BCUT2D eigenvalue weighted by atomic mass is 9.97. The van der Waals surface area contributed by atoms with Crippen LogP contribution in [0.1, 0.15) is 16.7 Å². The Hall–Kier alpha value is -3.97. The molecule has 7 nitrogen and oxygen atoms in total. The number of carbonyl (C=O) groups excluding carboxylic acids is 1. The zero-order valence-corrected chi connectivity index (χ0v) is 19.3. The SMILES string of the molecule is COC(=O)[C@H](Cn1cncn1)NCc1cccc(OCc2cccc(-c3ccccc3)c2C)c1. The van der Waals surface area contributed by atoms with E-state index >= 15 is 0 Å². The molecule has 174 valence electrons. The molecule has 1 heterocycles. The predicted molar refractivity (Wildman–Crippen MR) is 130 cm³/mol.